The number of carbonyl (C=O) groups excluding carboxylic acids is 1. The minimum Gasteiger partial charge on any atom is -0.495 e. The molecule has 5 nitrogen and oxygen atoms in total. The van der Waals surface area contributed by atoms with Crippen LogP contribution >= 0.6 is 11.6 Å². The molecule has 6 heteroatoms. The van der Waals surface area contributed by atoms with Crippen LogP contribution in [-0.2, 0) is 4.79 Å². The van der Waals surface area contributed by atoms with Crippen LogP contribution in [0.5, 0.6) is 5.75 Å². The van der Waals surface area contributed by atoms with Gasteiger partial charge in [0.25, 0.3) is 0 Å². The van der Waals surface area contributed by atoms with Crippen molar-refractivity contribution in [2.24, 2.45) is 5.73 Å². The van der Waals surface area contributed by atoms with E-state index in [2.05, 4.69) is 10.2 Å². The van der Waals surface area contributed by atoms with E-state index in [1.807, 2.05) is 0 Å². The van der Waals surface area contributed by atoms with Gasteiger partial charge in [-0.3, -0.25) is 9.69 Å². The third-order valence-electron chi connectivity index (χ3n) is 3.34. The van der Waals surface area contributed by atoms with Gasteiger partial charge in [0.2, 0.25) is 5.91 Å². The zero-order valence-electron chi connectivity index (χ0n) is 11.6. The summed E-state index contributed by atoms with van der Waals surface area (Å²) in [4.78, 5) is 14.1. The lowest BCUT2D eigenvalue weighted by Gasteiger charge is -2.30. The van der Waals surface area contributed by atoms with Crippen LogP contribution in [0.15, 0.2) is 18.2 Å². The fourth-order valence-corrected chi connectivity index (χ4v) is 2.58. The second-order valence-corrected chi connectivity index (χ2v) is 5.47. The highest BCUT2D eigenvalue weighted by Crippen LogP contribution is 2.27. The summed E-state index contributed by atoms with van der Waals surface area (Å²) >= 11 is 5.93. The molecule has 1 aromatic carbocycles. The zero-order chi connectivity index (χ0) is 14.5. The number of likely N-dealkylation sites (tertiary alicyclic amines) is 1. The van der Waals surface area contributed by atoms with Crippen molar-refractivity contribution in [3.05, 3.63) is 23.2 Å². The molecular formula is C14H20ClN3O2. The van der Waals surface area contributed by atoms with Gasteiger partial charge in [-0.25, -0.2) is 0 Å². The number of methoxy groups -OCH3 is 1. The summed E-state index contributed by atoms with van der Waals surface area (Å²) < 4.78 is 5.20. The van der Waals surface area contributed by atoms with Crippen molar-refractivity contribution in [2.45, 2.75) is 18.9 Å². The van der Waals surface area contributed by atoms with Crippen LogP contribution in [0.3, 0.4) is 0 Å². The van der Waals surface area contributed by atoms with Crippen molar-refractivity contribution in [1.82, 2.24) is 4.90 Å². The number of hydrogen-bond donors (Lipinski definition) is 2. The maximum absolute atomic E-state index is 12.1. The van der Waals surface area contributed by atoms with Crippen molar-refractivity contribution >= 4 is 23.2 Å². The number of anilines is 1. The van der Waals surface area contributed by atoms with E-state index in [1.165, 1.54) is 0 Å². The van der Waals surface area contributed by atoms with Gasteiger partial charge in [0.05, 0.1) is 19.3 Å². The highest BCUT2D eigenvalue weighted by Gasteiger charge is 2.19. The summed E-state index contributed by atoms with van der Waals surface area (Å²) in [5.74, 6) is 0.512. The van der Waals surface area contributed by atoms with Crippen LogP contribution in [0.25, 0.3) is 0 Å². The molecule has 0 aliphatic carbocycles. The predicted molar refractivity (Wildman–Crippen MR) is 80.3 cm³/mol. The minimum absolute atomic E-state index is 0.0836. The Labute approximate surface area is 124 Å². The molecule has 1 aliphatic heterocycles. The molecule has 1 saturated heterocycles. The smallest absolute Gasteiger partial charge is 0.238 e. The fraction of sp³-hybridized carbons (Fsp3) is 0.500. The topological polar surface area (TPSA) is 67.6 Å². The van der Waals surface area contributed by atoms with Gasteiger partial charge in [-0.15, -0.1) is 0 Å². The Hall–Kier alpha value is -1.30. The first kappa shape index (κ1) is 15.1. The number of carbonyl (C=O) groups is 1. The molecule has 1 aromatic rings. The van der Waals surface area contributed by atoms with Crippen LogP contribution in [0.2, 0.25) is 5.02 Å². The molecule has 0 bridgehead atoms. The minimum atomic E-state index is -0.0836. The van der Waals surface area contributed by atoms with E-state index in [0.29, 0.717) is 23.0 Å². The van der Waals surface area contributed by atoms with Gasteiger partial charge >= 0.3 is 0 Å². The number of hydrogen-bond acceptors (Lipinski definition) is 4. The van der Waals surface area contributed by atoms with Gasteiger partial charge in [-0.2, -0.15) is 0 Å². The van der Waals surface area contributed by atoms with Crippen LogP contribution < -0.4 is 15.8 Å². The SMILES string of the molecule is COc1ccc(Cl)cc1NC(=O)CN1CCCC(N)C1. The number of ether oxygens (including phenoxy) is 1. The van der Waals surface area contributed by atoms with Crippen molar-refractivity contribution in [1.29, 1.82) is 0 Å². The highest BCUT2D eigenvalue weighted by molar-refractivity contribution is 6.31. The second-order valence-electron chi connectivity index (χ2n) is 5.03. The Kier molecular flexibility index (Phi) is 5.23. The quantitative estimate of drug-likeness (QED) is 0.888. The first-order valence-electron chi connectivity index (χ1n) is 6.70. The molecule has 1 unspecified atom stereocenters. The first-order valence-corrected chi connectivity index (χ1v) is 7.07. The van der Waals surface area contributed by atoms with Crippen molar-refractivity contribution < 1.29 is 9.53 Å². The standard InChI is InChI=1S/C14H20ClN3O2/c1-20-13-5-4-10(15)7-12(13)17-14(19)9-18-6-2-3-11(16)8-18/h4-5,7,11H,2-3,6,8-9,16H2,1H3,(H,17,19). The molecule has 0 radical (unpaired) electrons. The summed E-state index contributed by atoms with van der Waals surface area (Å²) in [5, 5.41) is 3.39. The third-order valence-corrected chi connectivity index (χ3v) is 3.58. The van der Waals surface area contributed by atoms with Gasteiger partial charge in [0.15, 0.2) is 0 Å². The molecule has 0 aromatic heterocycles. The van der Waals surface area contributed by atoms with E-state index in [4.69, 9.17) is 22.1 Å². The number of nitrogens with zero attached hydrogens (tertiary/aromatic N) is 1. The van der Waals surface area contributed by atoms with Gasteiger partial charge < -0.3 is 15.8 Å². The van der Waals surface area contributed by atoms with Crippen LogP contribution in [0.4, 0.5) is 5.69 Å². The molecular weight excluding hydrogens is 278 g/mol. The van der Waals surface area contributed by atoms with E-state index in [9.17, 15) is 4.79 Å². The molecule has 0 saturated carbocycles. The highest BCUT2D eigenvalue weighted by atomic mass is 35.5. The number of rotatable bonds is 4. The number of nitrogens with two attached hydrogens (primary N) is 1. The van der Waals surface area contributed by atoms with Crippen molar-refractivity contribution in [3.63, 3.8) is 0 Å². The predicted octanol–water partition coefficient (Wildman–Crippen LogP) is 1.71. The Bertz CT molecular complexity index is 481. The molecule has 2 rings (SSSR count). The molecule has 1 aliphatic rings. The maximum atomic E-state index is 12.1. The van der Waals surface area contributed by atoms with Crippen LogP contribution in [0.1, 0.15) is 12.8 Å². The normalized spacial score (nSPS) is 19.6. The van der Waals surface area contributed by atoms with Gasteiger partial charge in [-0.1, -0.05) is 11.6 Å². The number of piperidine rings is 1. The molecule has 1 heterocycles. The van der Waals surface area contributed by atoms with Gasteiger partial charge in [0.1, 0.15) is 5.75 Å². The lowest BCUT2D eigenvalue weighted by molar-refractivity contribution is -0.117. The van der Waals surface area contributed by atoms with E-state index < -0.39 is 0 Å². The summed E-state index contributed by atoms with van der Waals surface area (Å²) in [5.41, 5.74) is 6.50. The second kappa shape index (κ2) is 6.92. The summed E-state index contributed by atoms with van der Waals surface area (Å²) in [6, 6.07) is 5.30. The van der Waals surface area contributed by atoms with Crippen molar-refractivity contribution in [2.75, 3.05) is 32.1 Å². The number of benzene rings is 1. The molecule has 1 atom stereocenters. The molecule has 110 valence electrons. The van der Waals surface area contributed by atoms with Gasteiger partial charge in [-0.05, 0) is 37.6 Å². The number of amides is 1. The summed E-state index contributed by atoms with van der Waals surface area (Å²) in [6.07, 6.45) is 2.06. The van der Waals surface area contributed by atoms with E-state index in [1.54, 1.807) is 25.3 Å². The Balaban J connectivity index is 1.95. The fourth-order valence-electron chi connectivity index (χ4n) is 2.41. The summed E-state index contributed by atoms with van der Waals surface area (Å²) in [7, 11) is 1.56. The Morgan fingerprint density at radius 3 is 3.10 bits per heavy atom. The first-order chi connectivity index (χ1) is 9.58. The van der Waals surface area contributed by atoms with Crippen LogP contribution in [-0.4, -0.2) is 43.6 Å². The summed E-state index contributed by atoms with van der Waals surface area (Å²) in [6.45, 7) is 2.01. The molecule has 1 fully saturated rings. The van der Waals surface area contributed by atoms with E-state index in [-0.39, 0.29) is 11.9 Å². The van der Waals surface area contributed by atoms with E-state index >= 15 is 0 Å². The Morgan fingerprint density at radius 1 is 1.60 bits per heavy atom. The lowest BCUT2D eigenvalue weighted by atomic mass is 10.1. The van der Waals surface area contributed by atoms with Crippen molar-refractivity contribution in [3.8, 4) is 5.75 Å². The zero-order valence-corrected chi connectivity index (χ0v) is 12.3. The average molecular weight is 298 g/mol. The average Bonchev–Trinajstić information content (AvgIpc) is 2.38. The maximum Gasteiger partial charge on any atom is 0.238 e. The number of halogens is 1. The monoisotopic (exact) mass is 297 g/mol. The van der Waals surface area contributed by atoms with E-state index in [0.717, 1.165) is 25.9 Å². The Morgan fingerprint density at radius 2 is 2.40 bits per heavy atom. The largest absolute Gasteiger partial charge is 0.495 e. The van der Waals surface area contributed by atoms with Crippen LogP contribution in [0, 0.1) is 0 Å². The molecule has 1 amide bonds. The number of nitrogens with one attached hydrogen (secondary N) is 1. The van der Waals surface area contributed by atoms with Gasteiger partial charge in [0, 0.05) is 17.6 Å². The third kappa shape index (κ3) is 4.10. The molecule has 0 spiro atoms. The molecule has 20 heavy (non-hydrogen) atoms. The lowest BCUT2D eigenvalue weighted by Crippen LogP contribution is -2.45. The molecule has 3 N–H and O–H groups in total.